The summed E-state index contributed by atoms with van der Waals surface area (Å²) in [5.74, 6) is 0.598. The lowest BCUT2D eigenvalue weighted by Gasteiger charge is -2.13. The molecule has 1 fully saturated rings. The van der Waals surface area contributed by atoms with Gasteiger partial charge >= 0.3 is 0 Å². The number of carbonyl (C=O) groups excluding carboxylic acids is 3. The molecule has 2 aliphatic rings. The van der Waals surface area contributed by atoms with Crippen LogP contribution < -0.4 is 14.8 Å². The van der Waals surface area contributed by atoms with Crippen LogP contribution in [0.5, 0.6) is 11.5 Å². The number of benzene rings is 1. The van der Waals surface area contributed by atoms with Crippen LogP contribution in [0.25, 0.3) is 11.2 Å². The van der Waals surface area contributed by atoms with Crippen molar-refractivity contribution in [2.75, 3.05) is 19.9 Å². The lowest BCUT2D eigenvalue weighted by molar-refractivity contribution is -0.122. The van der Waals surface area contributed by atoms with E-state index in [0.29, 0.717) is 22.0 Å². The van der Waals surface area contributed by atoms with Crippen molar-refractivity contribution in [3.8, 4) is 16.6 Å². The Labute approximate surface area is 203 Å². The molecule has 0 radical (unpaired) electrons. The van der Waals surface area contributed by atoms with Crippen LogP contribution >= 0.6 is 23.1 Å². The van der Waals surface area contributed by atoms with Crippen LogP contribution in [0.15, 0.2) is 40.7 Å². The second-order valence-corrected chi connectivity index (χ2v) is 9.50. The predicted molar refractivity (Wildman–Crippen MR) is 128 cm³/mol. The van der Waals surface area contributed by atoms with E-state index in [0.717, 1.165) is 38.7 Å². The van der Waals surface area contributed by atoms with Gasteiger partial charge in [-0.1, -0.05) is 6.07 Å². The van der Waals surface area contributed by atoms with E-state index in [9.17, 15) is 14.4 Å². The average Bonchev–Trinajstić information content (AvgIpc) is 3.59. The minimum Gasteiger partial charge on any atom is -0.454 e. The monoisotopic (exact) mass is 496 g/mol. The zero-order valence-electron chi connectivity index (χ0n) is 18.4. The maximum atomic E-state index is 12.8. The fourth-order valence-corrected chi connectivity index (χ4v) is 5.45. The van der Waals surface area contributed by atoms with Crippen molar-refractivity contribution in [1.82, 2.24) is 19.8 Å². The normalized spacial score (nSPS) is 16.1. The number of carbonyl (C=O) groups is 3. The van der Waals surface area contributed by atoms with Gasteiger partial charge in [0.05, 0.1) is 10.5 Å². The number of ether oxygens (including phenoxy) is 2. The van der Waals surface area contributed by atoms with E-state index in [1.165, 1.54) is 11.3 Å². The quantitative estimate of drug-likeness (QED) is 0.519. The minimum absolute atomic E-state index is 0.0834. The van der Waals surface area contributed by atoms with E-state index >= 15 is 0 Å². The van der Waals surface area contributed by atoms with Crippen molar-refractivity contribution >= 4 is 46.2 Å². The largest absolute Gasteiger partial charge is 0.454 e. The van der Waals surface area contributed by atoms with Gasteiger partial charge in [0.2, 0.25) is 6.79 Å². The first kappa shape index (κ1) is 22.2. The highest BCUT2D eigenvalue weighted by atomic mass is 32.2. The van der Waals surface area contributed by atoms with Gasteiger partial charge in [0.1, 0.15) is 0 Å². The summed E-state index contributed by atoms with van der Waals surface area (Å²) in [7, 11) is 0. The molecule has 0 unspecified atom stereocenters. The van der Waals surface area contributed by atoms with Crippen LogP contribution in [0.3, 0.4) is 0 Å². The number of hydrogen-bond acceptors (Lipinski definition) is 8. The van der Waals surface area contributed by atoms with Gasteiger partial charge in [0.25, 0.3) is 17.1 Å². The number of nitrogens with zero attached hydrogens (tertiary/aromatic N) is 3. The molecule has 0 saturated carbocycles. The zero-order chi connectivity index (χ0) is 23.8. The molecule has 0 atom stereocenters. The van der Waals surface area contributed by atoms with Gasteiger partial charge in [0.15, 0.2) is 16.6 Å². The fourth-order valence-electron chi connectivity index (χ4n) is 3.84. The Hall–Kier alpha value is -3.57. The summed E-state index contributed by atoms with van der Waals surface area (Å²) < 4.78 is 12.6. The van der Waals surface area contributed by atoms with E-state index in [2.05, 4.69) is 10.3 Å². The van der Waals surface area contributed by atoms with Crippen molar-refractivity contribution in [3.63, 3.8) is 0 Å². The number of hydrogen-bond donors (Lipinski definition) is 1. The van der Waals surface area contributed by atoms with Crippen molar-refractivity contribution < 1.29 is 23.9 Å². The van der Waals surface area contributed by atoms with Crippen LogP contribution in [-0.4, -0.2) is 51.4 Å². The third-order valence-corrected chi connectivity index (χ3v) is 7.14. The molecule has 0 aliphatic carbocycles. The second kappa shape index (κ2) is 8.99. The standard InChI is InChI=1S/C23H20N4O5S2/c1-13-9-16(14(2)27(13)22-25-6-8-33-22)20(28)24-5-7-26-21(29)19(34-23(26)30)11-15-3-4-17-18(10-15)32-12-31-17/h3-4,6,8-11H,5,7,12H2,1-2H3,(H,24,28)/b19-11-. The molecule has 4 heterocycles. The highest BCUT2D eigenvalue weighted by Crippen LogP contribution is 2.36. The molecule has 2 aliphatic heterocycles. The van der Waals surface area contributed by atoms with Gasteiger partial charge in [-0.25, -0.2) is 4.98 Å². The zero-order valence-corrected chi connectivity index (χ0v) is 20.0. The SMILES string of the molecule is Cc1cc(C(=O)NCCN2C(=O)S/C(=C\c3ccc4c(c3)OCO4)C2=O)c(C)n1-c1nccs1. The first-order chi connectivity index (χ1) is 16.4. The van der Waals surface area contributed by atoms with Gasteiger partial charge in [-0.15, -0.1) is 11.3 Å². The molecule has 2 aromatic heterocycles. The first-order valence-corrected chi connectivity index (χ1v) is 12.1. The summed E-state index contributed by atoms with van der Waals surface area (Å²) in [5, 5.41) is 5.12. The maximum absolute atomic E-state index is 12.8. The molecule has 174 valence electrons. The molecule has 1 N–H and O–H groups in total. The summed E-state index contributed by atoms with van der Waals surface area (Å²) in [4.78, 5) is 43.7. The van der Waals surface area contributed by atoms with Crippen LogP contribution in [-0.2, 0) is 4.79 Å². The molecular weight excluding hydrogens is 476 g/mol. The lowest BCUT2D eigenvalue weighted by Crippen LogP contribution is -2.37. The van der Waals surface area contributed by atoms with E-state index < -0.39 is 0 Å². The summed E-state index contributed by atoms with van der Waals surface area (Å²) in [6.45, 7) is 4.17. The number of imide groups is 1. The number of aromatic nitrogens is 2. The molecule has 3 aromatic rings. The number of amides is 3. The Bertz CT molecular complexity index is 1330. The summed E-state index contributed by atoms with van der Waals surface area (Å²) in [5.41, 5.74) is 2.95. The van der Waals surface area contributed by atoms with Crippen LogP contribution in [0.2, 0.25) is 0 Å². The number of thiazole rings is 1. The Kier molecular flexibility index (Phi) is 5.88. The molecular formula is C23H20N4O5S2. The van der Waals surface area contributed by atoms with Gasteiger partial charge in [-0.2, -0.15) is 0 Å². The van der Waals surface area contributed by atoms with Crippen molar-refractivity contribution in [1.29, 1.82) is 0 Å². The first-order valence-electron chi connectivity index (χ1n) is 10.4. The van der Waals surface area contributed by atoms with E-state index in [1.54, 1.807) is 36.5 Å². The number of nitrogens with one attached hydrogen (secondary N) is 1. The number of fused-ring (bicyclic) bond motifs is 1. The van der Waals surface area contributed by atoms with Gasteiger partial charge in [0, 0.05) is 36.1 Å². The van der Waals surface area contributed by atoms with Crippen LogP contribution in [0, 0.1) is 13.8 Å². The number of aryl methyl sites for hydroxylation is 1. The fraction of sp³-hybridized carbons (Fsp3) is 0.217. The summed E-state index contributed by atoms with van der Waals surface area (Å²) >= 11 is 2.36. The molecule has 34 heavy (non-hydrogen) atoms. The van der Waals surface area contributed by atoms with Crippen molar-refractivity contribution in [3.05, 3.63) is 63.3 Å². The van der Waals surface area contributed by atoms with Crippen LogP contribution in [0.4, 0.5) is 4.79 Å². The molecule has 1 saturated heterocycles. The molecule has 3 amide bonds. The highest BCUT2D eigenvalue weighted by molar-refractivity contribution is 8.18. The van der Waals surface area contributed by atoms with Gasteiger partial charge in [-0.3, -0.25) is 23.9 Å². The predicted octanol–water partition coefficient (Wildman–Crippen LogP) is 3.75. The summed E-state index contributed by atoms with van der Waals surface area (Å²) in [6, 6.07) is 7.13. The molecule has 0 bridgehead atoms. The molecule has 1 aromatic carbocycles. The van der Waals surface area contributed by atoms with Gasteiger partial charge in [-0.05, 0) is 55.4 Å². The van der Waals surface area contributed by atoms with E-state index in [-0.39, 0.29) is 36.9 Å². The molecule has 9 nitrogen and oxygen atoms in total. The second-order valence-electron chi connectivity index (χ2n) is 7.64. The highest BCUT2D eigenvalue weighted by Gasteiger charge is 2.35. The number of thioether (sulfide) groups is 1. The van der Waals surface area contributed by atoms with E-state index in [4.69, 9.17) is 9.47 Å². The third kappa shape index (κ3) is 4.08. The Morgan fingerprint density at radius 1 is 1.21 bits per heavy atom. The Morgan fingerprint density at radius 3 is 2.82 bits per heavy atom. The molecule has 0 spiro atoms. The minimum atomic E-state index is -0.385. The molecule has 11 heteroatoms. The number of rotatable bonds is 6. The van der Waals surface area contributed by atoms with Gasteiger partial charge < -0.3 is 14.8 Å². The summed E-state index contributed by atoms with van der Waals surface area (Å²) in [6.07, 6.45) is 3.37. The Morgan fingerprint density at radius 2 is 2.03 bits per heavy atom. The van der Waals surface area contributed by atoms with Crippen LogP contribution in [0.1, 0.15) is 27.3 Å². The maximum Gasteiger partial charge on any atom is 0.293 e. The topological polar surface area (TPSA) is 103 Å². The lowest BCUT2D eigenvalue weighted by atomic mass is 10.2. The smallest absolute Gasteiger partial charge is 0.293 e. The third-order valence-electron chi connectivity index (χ3n) is 5.48. The Balaban J connectivity index is 1.22. The van der Waals surface area contributed by atoms with Crippen molar-refractivity contribution in [2.24, 2.45) is 0 Å². The van der Waals surface area contributed by atoms with Crippen molar-refractivity contribution in [2.45, 2.75) is 13.8 Å². The average molecular weight is 497 g/mol. The molecule has 5 rings (SSSR count). The van der Waals surface area contributed by atoms with E-state index in [1.807, 2.05) is 23.8 Å².